The molecule has 6 heteroatoms. The van der Waals surface area contributed by atoms with Gasteiger partial charge in [-0.05, 0) is 6.08 Å². The van der Waals surface area contributed by atoms with Crippen LogP contribution in [0.3, 0.4) is 0 Å². The summed E-state index contributed by atoms with van der Waals surface area (Å²) in [6.07, 6.45) is -5.22. The van der Waals surface area contributed by atoms with E-state index in [0.29, 0.717) is 6.08 Å². The summed E-state index contributed by atoms with van der Waals surface area (Å²) in [7, 11) is 0. The molecule has 0 aliphatic rings. The zero-order valence-corrected chi connectivity index (χ0v) is 5.33. The van der Waals surface area contributed by atoms with E-state index in [4.69, 9.17) is 5.73 Å². The molecular weight excluding hydrogens is 169 g/mol. The molecule has 0 saturated carbocycles. The van der Waals surface area contributed by atoms with Gasteiger partial charge in [-0.3, -0.25) is 0 Å². The van der Waals surface area contributed by atoms with Crippen LogP contribution in [0, 0.1) is 0 Å². The zero-order valence-electron chi connectivity index (χ0n) is 5.33. The van der Waals surface area contributed by atoms with Gasteiger partial charge in [-0.2, -0.15) is 22.0 Å². The maximum absolute atomic E-state index is 11.9. The first kappa shape index (κ1) is 10.3. The summed E-state index contributed by atoms with van der Waals surface area (Å²) in [4.78, 5) is 0. The van der Waals surface area contributed by atoms with Crippen molar-refractivity contribution in [1.29, 1.82) is 0 Å². The molecular formula is C5H6F5N. The van der Waals surface area contributed by atoms with E-state index < -0.39 is 12.1 Å². The second-order valence-electron chi connectivity index (χ2n) is 1.76. The smallest absolute Gasteiger partial charge is 0.327 e. The molecule has 0 spiro atoms. The topological polar surface area (TPSA) is 26.0 Å². The molecule has 0 aliphatic carbocycles. The molecule has 0 atom stereocenters. The first-order valence-corrected chi connectivity index (χ1v) is 2.63. The van der Waals surface area contributed by atoms with Crippen molar-refractivity contribution in [2.45, 2.75) is 12.1 Å². The molecule has 0 heterocycles. The predicted octanol–water partition coefficient (Wildman–Crippen LogP) is 1.70. The number of allylic oxidation sites excluding steroid dienone is 1. The minimum atomic E-state index is -5.53. The highest BCUT2D eigenvalue weighted by molar-refractivity contribution is 4.99. The molecule has 0 bridgehead atoms. The highest BCUT2D eigenvalue weighted by Gasteiger charge is 2.55. The van der Waals surface area contributed by atoms with Gasteiger partial charge in [-0.15, -0.1) is 0 Å². The molecule has 0 aromatic carbocycles. The largest absolute Gasteiger partial charge is 0.457 e. The first-order chi connectivity index (χ1) is 4.81. The van der Waals surface area contributed by atoms with Gasteiger partial charge < -0.3 is 5.73 Å². The molecule has 2 N–H and O–H groups in total. The molecule has 1 nitrogen and oxygen atoms in total. The summed E-state index contributed by atoms with van der Waals surface area (Å²) in [5.41, 5.74) is 4.69. The van der Waals surface area contributed by atoms with Gasteiger partial charge in [-0.1, -0.05) is 6.08 Å². The zero-order chi connectivity index (χ0) is 9.12. The molecule has 66 valence electrons. The quantitative estimate of drug-likeness (QED) is 0.501. The van der Waals surface area contributed by atoms with Gasteiger partial charge >= 0.3 is 12.1 Å². The van der Waals surface area contributed by atoms with Crippen LogP contribution in [0.25, 0.3) is 0 Å². The Morgan fingerprint density at radius 2 is 1.55 bits per heavy atom. The normalized spacial score (nSPS) is 14.4. The Morgan fingerprint density at radius 3 is 1.82 bits per heavy atom. The van der Waals surface area contributed by atoms with Crippen LogP contribution in [-0.2, 0) is 0 Å². The molecule has 11 heavy (non-hydrogen) atoms. The molecule has 0 rings (SSSR count). The number of alkyl halides is 5. The third-order valence-corrected chi connectivity index (χ3v) is 0.841. The van der Waals surface area contributed by atoms with E-state index >= 15 is 0 Å². The molecule has 0 amide bonds. The third kappa shape index (κ3) is 2.83. The van der Waals surface area contributed by atoms with Crippen molar-refractivity contribution >= 4 is 0 Å². The highest BCUT2D eigenvalue weighted by Crippen LogP contribution is 2.36. The summed E-state index contributed by atoms with van der Waals surface area (Å²) < 4.78 is 57.6. The van der Waals surface area contributed by atoms with Crippen molar-refractivity contribution in [1.82, 2.24) is 0 Å². The lowest BCUT2D eigenvalue weighted by atomic mass is 10.3. The molecule has 0 saturated heterocycles. The number of halogens is 5. The third-order valence-electron chi connectivity index (χ3n) is 0.841. The average molecular weight is 175 g/mol. The van der Waals surface area contributed by atoms with Crippen molar-refractivity contribution in [2.24, 2.45) is 5.73 Å². The van der Waals surface area contributed by atoms with Crippen molar-refractivity contribution in [3.05, 3.63) is 12.2 Å². The molecule has 0 fully saturated rings. The molecule has 0 aromatic rings. The molecule has 0 radical (unpaired) electrons. The van der Waals surface area contributed by atoms with Crippen LogP contribution in [-0.4, -0.2) is 18.6 Å². The Labute approximate surface area is 59.7 Å². The number of rotatable bonds is 2. The SMILES string of the molecule is NC/C=C/C(F)(F)C(F)(F)F. The second kappa shape index (κ2) is 3.17. The van der Waals surface area contributed by atoms with Gasteiger partial charge in [0.15, 0.2) is 0 Å². The van der Waals surface area contributed by atoms with Gasteiger partial charge in [0.25, 0.3) is 0 Å². The first-order valence-electron chi connectivity index (χ1n) is 2.63. The fourth-order valence-corrected chi connectivity index (χ4v) is 0.311. The summed E-state index contributed by atoms with van der Waals surface area (Å²) in [5, 5.41) is 0. The minimum Gasteiger partial charge on any atom is -0.327 e. The van der Waals surface area contributed by atoms with E-state index in [1.54, 1.807) is 0 Å². The standard InChI is InChI=1S/C5H6F5N/c6-4(7,2-1-3-11)5(8,9)10/h1-2H,3,11H2/b2-1+. The monoisotopic (exact) mass is 175 g/mol. The van der Waals surface area contributed by atoms with E-state index in [0.717, 1.165) is 0 Å². The average Bonchev–Trinajstić information content (AvgIpc) is 1.81. The van der Waals surface area contributed by atoms with Gasteiger partial charge in [0, 0.05) is 6.54 Å². The maximum atomic E-state index is 11.9. The van der Waals surface area contributed by atoms with Crippen LogP contribution in [0.2, 0.25) is 0 Å². The van der Waals surface area contributed by atoms with E-state index in [1.165, 1.54) is 0 Å². The Hall–Kier alpha value is -0.650. The predicted molar refractivity (Wildman–Crippen MR) is 29.2 cm³/mol. The maximum Gasteiger partial charge on any atom is 0.457 e. The number of nitrogens with two attached hydrogens (primary N) is 1. The van der Waals surface area contributed by atoms with E-state index in [1.807, 2.05) is 0 Å². The van der Waals surface area contributed by atoms with E-state index in [-0.39, 0.29) is 12.6 Å². The van der Waals surface area contributed by atoms with Crippen molar-refractivity contribution < 1.29 is 22.0 Å². The fraction of sp³-hybridized carbons (Fsp3) is 0.600. The molecule has 0 unspecified atom stereocenters. The van der Waals surface area contributed by atoms with E-state index in [9.17, 15) is 22.0 Å². The summed E-state index contributed by atoms with van der Waals surface area (Å²) in [6, 6.07) is 0. The number of hydrogen-bond acceptors (Lipinski definition) is 1. The van der Waals surface area contributed by atoms with Crippen molar-refractivity contribution in [3.63, 3.8) is 0 Å². The highest BCUT2D eigenvalue weighted by atomic mass is 19.4. The van der Waals surface area contributed by atoms with Gasteiger partial charge in [0.05, 0.1) is 0 Å². The van der Waals surface area contributed by atoms with Gasteiger partial charge in [0.1, 0.15) is 0 Å². The lowest BCUT2D eigenvalue weighted by molar-refractivity contribution is -0.259. The van der Waals surface area contributed by atoms with Crippen LogP contribution in [0.1, 0.15) is 0 Å². The van der Waals surface area contributed by atoms with Gasteiger partial charge in [0.2, 0.25) is 0 Å². The molecule has 0 aromatic heterocycles. The Morgan fingerprint density at radius 1 is 1.09 bits per heavy atom. The summed E-state index contributed by atoms with van der Waals surface area (Å²) >= 11 is 0. The van der Waals surface area contributed by atoms with Crippen LogP contribution >= 0.6 is 0 Å². The van der Waals surface area contributed by atoms with Crippen molar-refractivity contribution in [3.8, 4) is 0 Å². The summed E-state index contributed by atoms with van der Waals surface area (Å²) in [5.74, 6) is -4.77. The van der Waals surface area contributed by atoms with Crippen LogP contribution < -0.4 is 5.73 Å². The van der Waals surface area contributed by atoms with Crippen LogP contribution in [0.4, 0.5) is 22.0 Å². The number of hydrogen-bond donors (Lipinski definition) is 1. The van der Waals surface area contributed by atoms with Crippen LogP contribution in [0.15, 0.2) is 12.2 Å². The minimum absolute atomic E-state index is 0.257. The van der Waals surface area contributed by atoms with E-state index in [2.05, 4.69) is 0 Å². The Balaban J connectivity index is 4.34. The second-order valence-corrected chi connectivity index (χ2v) is 1.76. The van der Waals surface area contributed by atoms with Crippen LogP contribution in [0.5, 0.6) is 0 Å². The van der Waals surface area contributed by atoms with Gasteiger partial charge in [-0.25, -0.2) is 0 Å². The lowest BCUT2D eigenvalue weighted by Crippen LogP contribution is -2.34. The lowest BCUT2D eigenvalue weighted by Gasteiger charge is -2.14. The Kier molecular flexibility index (Phi) is 2.98. The Bertz CT molecular complexity index is 147. The fourth-order valence-electron chi connectivity index (χ4n) is 0.311. The summed E-state index contributed by atoms with van der Waals surface area (Å²) in [6.45, 7) is -0.342. The van der Waals surface area contributed by atoms with Crippen molar-refractivity contribution in [2.75, 3.05) is 6.54 Å². The molecule has 0 aliphatic heterocycles.